The third kappa shape index (κ3) is 2.81. The van der Waals surface area contributed by atoms with Crippen LogP contribution < -0.4 is 15.8 Å². The van der Waals surface area contributed by atoms with Crippen LogP contribution in [0, 0.1) is 5.41 Å². The number of rotatable bonds is 6. The highest BCUT2D eigenvalue weighted by molar-refractivity contribution is 5.66. The highest BCUT2D eigenvalue weighted by Crippen LogP contribution is 2.45. The van der Waals surface area contributed by atoms with E-state index in [0.29, 0.717) is 23.9 Å². The molecule has 0 amide bonds. The molecule has 1 aliphatic carbocycles. The average molecular weight is 252 g/mol. The van der Waals surface area contributed by atoms with E-state index >= 15 is 0 Å². The molecule has 6 nitrogen and oxygen atoms in total. The fourth-order valence-corrected chi connectivity index (χ4v) is 1.68. The van der Waals surface area contributed by atoms with Gasteiger partial charge in [-0.1, -0.05) is 0 Å². The van der Waals surface area contributed by atoms with Crippen LogP contribution in [0.1, 0.15) is 26.7 Å². The number of hydrogen-bond acceptors (Lipinski definition) is 6. The molecule has 0 aliphatic heterocycles. The Kier molecular flexibility index (Phi) is 3.56. The van der Waals surface area contributed by atoms with Crippen LogP contribution in [0.15, 0.2) is 6.33 Å². The lowest BCUT2D eigenvalue weighted by molar-refractivity contribution is 0.219. The Morgan fingerprint density at radius 1 is 1.50 bits per heavy atom. The minimum Gasteiger partial charge on any atom is -0.473 e. The summed E-state index contributed by atoms with van der Waals surface area (Å²) in [6.45, 7) is 4.70. The lowest BCUT2D eigenvalue weighted by Gasteiger charge is -2.16. The van der Waals surface area contributed by atoms with Crippen LogP contribution in [-0.2, 0) is 0 Å². The number of aromatic nitrogens is 2. The van der Waals surface area contributed by atoms with E-state index in [9.17, 15) is 5.11 Å². The van der Waals surface area contributed by atoms with Crippen LogP contribution in [0.2, 0.25) is 0 Å². The largest absolute Gasteiger partial charge is 0.473 e. The van der Waals surface area contributed by atoms with Crippen LogP contribution in [0.5, 0.6) is 5.88 Å². The summed E-state index contributed by atoms with van der Waals surface area (Å²) in [6.07, 6.45) is 3.52. The molecule has 1 saturated carbocycles. The van der Waals surface area contributed by atoms with E-state index < -0.39 is 0 Å². The van der Waals surface area contributed by atoms with Gasteiger partial charge in [-0.3, -0.25) is 0 Å². The van der Waals surface area contributed by atoms with Crippen LogP contribution in [0.4, 0.5) is 11.5 Å². The molecule has 0 unspecified atom stereocenters. The average Bonchev–Trinajstić information content (AvgIpc) is 3.10. The van der Waals surface area contributed by atoms with Gasteiger partial charge in [-0.25, -0.2) is 4.98 Å². The van der Waals surface area contributed by atoms with Gasteiger partial charge in [0.05, 0.1) is 12.7 Å². The maximum atomic E-state index is 9.25. The molecule has 0 radical (unpaired) electrons. The first-order valence-corrected chi connectivity index (χ1v) is 6.18. The van der Waals surface area contributed by atoms with E-state index in [0.717, 1.165) is 12.8 Å². The molecule has 100 valence electrons. The number of nitrogens with two attached hydrogens (primary N) is 1. The Hall–Kier alpha value is -1.56. The number of nitrogen functional groups attached to an aromatic ring is 1. The number of anilines is 2. The molecule has 0 aromatic carbocycles. The molecule has 0 bridgehead atoms. The molecule has 1 aliphatic rings. The Bertz CT molecular complexity index is 419. The van der Waals surface area contributed by atoms with E-state index in [2.05, 4.69) is 15.3 Å². The standard InChI is InChI=1S/C12H20N4O2/c1-8(2)18-11-9(13)10(15-7-16-11)14-5-12(6-17)3-4-12/h7-8,17H,3-6,13H2,1-2H3,(H,14,15,16). The van der Waals surface area contributed by atoms with Crippen LogP contribution in [0.25, 0.3) is 0 Å². The second-order valence-electron chi connectivity index (χ2n) is 5.12. The summed E-state index contributed by atoms with van der Waals surface area (Å²) in [6, 6.07) is 0. The van der Waals surface area contributed by atoms with Crippen LogP contribution >= 0.6 is 0 Å². The molecule has 1 heterocycles. The molecule has 1 fully saturated rings. The van der Waals surface area contributed by atoms with Crippen molar-refractivity contribution in [1.29, 1.82) is 0 Å². The highest BCUT2D eigenvalue weighted by atomic mass is 16.5. The third-order valence-electron chi connectivity index (χ3n) is 3.12. The number of nitrogens with zero attached hydrogens (tertiary/aromatic N) is 2. The monoisotopic (exact) mass is 252 g/mol. The maximum Gasteiger partial charge on any atom is 0.242 e. The minimum absolute atomic E-state index is 0.0104. The Balaban J connectivity index is 2.04. The summed E-state index contributed by atoms with van der Waals surface area (Å²) in [4.78, 5) is 8.11. The van der Waals surface area contributed by atoms with Gasteiger partial charge in [-0.2, -0.15) is 4.98 Å². The molecule has 0 spiro atoms. The van der Waals surface area contributed by atoms with Crippen LogP contribution in [-0.4, -0.2) is 34.3 Å². The van der Waals surface area contributed by atoms with Gasteiger partial charge in [-0.05, 0) is 26.7 Å². The second kappa shape index (κ2) is 4.97. The summed E-state index contributed by atoms with van der Waals surface area (Å²) in [5, 5.41) is 12.4. The maximum absolute atomic E-state index is 9.25. The highest BCUT2D eigenvalue weighted by Gasteiger charge is 2.41. The first-order valence-electron chi connectivity index (χ1n) is 6.18. The fraction of sp³-hybridized carbons (Fsp3) is 0.667. The molecular weight excluding hydrogens is 232 g/mol. The molecule has 1 aromatic rings. The predicted molar refractivity (Wildman–Crippen MR) is 69.5 cm³/mol. The number of aliphatic hydroxyl groups excluding tert-OH is 1. The molecule has 18 heavy (non-hydrogen) atoms. The predicted octanol–water partition coefficient (Wildman–Crippen LogP) is 1.03. The van der Waals surface area contributed by atoms with Crippen molar-refractivity contribution in [3.8, 4) is 5.88 Å². The number of nitrogens with one attached hydrogen (secondary N) is 1. The first kappa shape index (κ1) is 12.9. The van der Waals surface area contributed by atoms with E-state index in [1.54, 1.807) is 0 Å². The van der Waals surface area contributed by atoms with Crippen molar-refractivity contribution in [3.05, 3.63) is 6.33 Å². The fourth-order valence-electron chi connectivity index (χ4n) is 1.68. The van der Waals surface area contributed by atoms with E-state index in [1.807, 2.05) is 13.8 Å². The second-order valence-corrected chi connectivity index (χ2v) is 5.12. The summed E-state index contributed by atoms with van der Waals surface area (Å²) in [5.41, 5.74) is 6.37. The van der Waals surface area contributed by atoms with E-state index in [-0.39, 0.29) is 18.1 Å². The van der Waals surface area contributed by atoms with Crippen molar-refractivity contribution >= 4 is 11.5 Å². The van der Waals surface area contributed by atoms with E-state index in [1.165, 1.54) is 6.33 Å². The zero-order chi connectivity index (χ0) is 13.2. The normalized spacial score (nSPS) is 16.7. The van der Waals surface area contributed by atoms with Crippen molar-refractivity contribution < 1.29 is 9.84 Å². The molecular formula is C12H20N4O2. The van der Waals surface area contributed by atoms with Gasteiger partial charge in [0.15, 0.2) is 5.82 Å². The summed E-state index contributed by atoms with van der Waals surface area (Å²) in [5.74, 6) is 0.969. The van der Waals surface area contributed by atoms with Crippen molar-refractivity contribution in [2.45, 2.75) is 32.8 Å². The van der Waals surface area contributed by atoms with Crippen molar-refractivity contribution in [2.75, 3.05) is 24.2 Å². The van der Waals surface area contributed by atoms with Gasteiger partial charge in [-0.15, -0.1) is 0 Å². The molecule has 4 N–H and O–H groups in total. The topological polar surface area (TPSA) is 93.3 Å². The summed E-state index contributed by atoms with van der Waals surface area (Å²) < 4.78 is 5.49. The Morgan fingerprint density at radius 2 is 2.22 bits per heavy atom. The van der Waals surface area contributed by atoms with Crippen LogP contribution in [0.3, 0.4) is 0 Å². The van der Waals surface area contributed by atoms with Gasteiger partial charge >= 0.3 is 0 Å². The SMILES string of the molecule is CC(C)Oc1ncnc(NCC2(CO)CC2)c1N. The Morgan fingerprint density at radius 3 is 2.78 bits per heavy atom. The molecule has 0 saturated heterocycles. The van der Waals surface area contributed by atoms with Crippen molar-refractivity contribution in [1.82, 2.24) is 9.97 Å². The number of aliphatic hydroxyl groups is 1. The summed E-state index contributed by atoms with van der Waals surface area (Å²) in [7, 11) is 0. The van der Waals surface area contributed by atoms with Crippen molar-refractivity contribution in [2.24, 2.45) is 5.41 Å². The van der Waals surface area contributed by atoms with Gasteiger partial charge in [0.2, 0.25) is 5.88 Å². The lowest BCUT2D eigenvalue weighted by Crippen LogP contribution is -2.20. The summed E-state index contributed by atoms with van der Waals surface area (Å²) >= 11 is 0. The number of hydrogen-bond donors (Lipinski definition) is 3. The van der Waals surface area contributed by atoms with Gasteiger partial charge < -0.3 is 20.9 Å². The molecule has 0 atom stereocenters. The zero-order valence-corrected chi connectivity index (χ0v) is 10.8. The third-order valence-corrected chi connectivity index (χ3v) is 3.12. The molecule has 2 rings (SSSR count). The molecule has 6 heteroatoms. The van der Waals surface area contributed by atoms with Crippen molar-refractivity contribution in [3.63, 3.8) is 0 Å². The van der Waals surface area contributed by atoms with E-state index in [4.69, 9.17) is 10.5 Å². The molecule has 1 aromatic heterocycles. The zero-order valence-electron chi connectivity index (χ0n) is 10.8. The number of ether oxygens (including phenoxy) is 1. The van der Waals surface area contributed by atoms with Gasteiger partial charge in [0.1, 0.15) is 12.0 Å². The lowest BCUT2D eigenvalue weighted by atomic mass is 10.1. The smallest absolute Gasteiger partial charge is 0.242 e. The first-order chi connectivity index (χ1) is 8.56. The minimum atomic E-state index is 0.0104. The quantitative estimate of drug-likeness (QED) is 0.700. The van der Waals surface area contributed by atoms with Gasteiger partial charge in [0.25, 0.3) is 0 Å². The van der Waals surface area contributed by atoms with Gasteiger partial charge in [0, 0.05) is 12.0 Å². The Labute approximate surface area is 107 Å².